The second-order valence-electron chi connectivity index (χ2n) is 6.33. The Labute approximate surface area is 135 Å². The summed E-state index contributed by atoms with van der Waals surface area (Å²) in [7, 11) is 0. The third-order valence-electron chi connectivity index (χ3n) is 4.42. The van der Waals surface area contributed by atoms with Crippen LogP contribution in [0.15, 0.2) is 12.3 Å². The van der Waals surface area contributed by atoms with Gasteiger partial charge in [-0.05, 0) is 37.7 Å². The standard InChI is InChI=1S/C16H21Cl2N3/c1-10-4-3-5-12(6-10)9-21-15(11(2)17)20-14-7-13(18)8-19-16(14)21/h7-8,10-12H,3-6,9H2,1-2H3. The van der Waals surface area contributed by atoms with E-state index < -0.39 is 0 Å². The second kappa shape index (κ2) is 6.13. The number of aromatic nitrogens is 3. The van der Waals surface area contributed by atoms with E-state index in [1.165, 1.54) is 25.7 Å². The van der Waals surface area contributed by atoms with Crippen molar-refractivity contribution in [2.45, 2.75) is 51.5 Å². The molecular formula is C16H21Cl2N3. The molecule has 21 heavy (non-hydrogen) atoms. The highest BCUT2D eigenvalue weighted by molar-refractivity contribution is 6.31. The van der Waals surface area contributed by atoms with Crippen molar-refractivity contribution in [3.63, 3.8) is 0 Å². The van der Waals surface area contributed by atoms with Crippen LogP contribution in [0.25, 0.3) is 11.2 Å². The fourth-order valence-electron chi connectivity index (χ4n) is 3.47. The maximum absolute atomic E-state index is 6.32. The number of imidazole rings is 1. The number of rotatable bonds is 3. The van der Waals surface area contributed by atoms with Gasteiger partial charge in [-0.25, -0.2) is 9.97 Å². The molecule has 5 heteroatoms. The molecule has 0 radical (unpaired) electrons. The Kier molecular flexibility index (Phi) is 4.41. The van der Waals surface area contributed by atoms with Crippen LogP contribution in [0.2, 0.25) is 5.02 Å². The first kappa shape index (κ1) is 15.1. The highest BCUT2D eigenvalue weighted by Gasteiger charge is 2.23. The summed E-state index contributed by atoms with van der Waals surface area (Å²) in [6.07, 6.45) is 6.93. The summed E-state index contributed by atoms with van der Waals surface area (Å²) < 4.78 is 2.20. The van der Waals surface area contributed by atoms with Gasteiger partial charge in [0.1, 0.15) is 11.3 Å². The van der Waals surface area contributed by atoms with Crippen LogP contribution >= 0.6 is 23.2 Å². The summed E-state index contributed by atoms with van der Waals surface area (Å²) in [4.78, 5) is 9.12. The number of nitrogens with zero attached hydrogens (tertiary/aromatic N) is 3. The fraction of sp³-hybridized carbons (Fsp3) is 0.625. The van der Waals surface area contributed by atoms with Crippen LogP contribution in [0.5, 0.6) is 0 Å². The van der Waals surface area contributed by atoms with E-state index in [-0.39, 0.29) is 5.38 Å². The summed E-state index contributed by atoms with van der Waals surface area (Å²) in [5.74, 6) is 2.41. The van der Waals surface area contributed by atoms with Crippen molar-refractivity contribution in [1.82, 2.24) is 14.5 Å². The molecular weight excluding hydrogens is 305 g/mol. The number of pyridine rings is 1. The van der Waals surface area contributed by atoms with E-state index in [0.29, 0.717) is 10.9 Å². The summed E-state index contributed by atoms with van der Waals surface area (Å²) in [5.41, 5.74) is 1.74. The molecule has 3 rings (SSSR count). The topological polar surface area (TPSA) is 30.7 Å². The van der Waals surface area contributed by atoms with Crippen molar-refractivity contribution in [3.05, 3.63) is 23.1 Å². The predicted molar refractivity (Wildman–Crippen MR) is 87.9 cm³/mol. The smallest absolute Gasteiger partial charge is 0.160 e. The third kappa shape index (κ3) is 3.19. The molecule has 1 aliphatic carbocycles. The van der Waals surface area contributed by atoms with E-state index >= 15 is 0 Å². The van der Waals surface area contributed by atoms with Gasteiger partial charge in [0.2, 0.25) is 0 Å². The van der Waals surface area contributed by atoms with Crippen LogP contribution in [0.1, 0.15) is 50.7 Å². The molecule has 0 spiro atoms. The Morgan fingerprint density at radius 1 is 1.43 bits per heavy atom. The largest absolute Gasteiger partial charge is 0.311 e. The first-order valence-electron chi connectivity index (χ1n) is 7.70. The zero-order valence-corrected chi connectivity index (χ0v) is 14.0. The first-order valence-corrected chi connectivity index (χ1v) is 8.51. The zero-order chi connectivity index (χ0) is 15.0. The normalized spacial score (nSPS) is 24.4. The van der Waals surface area contributed by atoms with Gasteiger partial charge in [-0.2, -0.15) is 0 Å². The van der Waals surface area contributed by atoms with E-state index in [9.17, 15) is 0 Å². The first-order chi connectivity index (χ1) is 10.0. The van der Waals surface area contributed by atoms with Crippen LogP contribution in [0.3, 0.4) is 0 Å². The SMILES string of the molecule is CC1CCCC(Cn2c(C(C)Cl)nc3cc(Cl)cnc32)C1. The summed E-state index contributed by atoms with van der Waals surface area (Å²) in [6.45, 7) is 5.27. The molecule has 3 atom stereocenters. The number of halogens is 2. The van der Waals surface area contributed by atoms with Gasteiger partial charge in [-0.15, -0.1) is 11.6 Å². The molecule has 1 fully saturated rings. The Balaban J connectivity index is 1.97. The zero-order valence-electron chi connectivity index (χ0n) is 12.5. The molecule has 3 unspecified atom stereocenters. The van der Waals surface area contributed by atoms with Gasteiger partial charge in [-0.3, -0.25) is 0 Å². The Morgan fingerprint density at radius 3 is 2.95 bits per heavy atom. The second-order valence-corrected chi connectivity index (χ2v) is 7.42. The van der Waals surface area contributed by atoms with E-state index in [1.807, 2.05) is 13.0 Å². The van der Waals surface area contributed by atoms with Crippen molar-refractivity contribution >= 4 is 34.4 Å². The number of fused-ring (bicyclic) bond motifs is 1. The van der Waals surface area contributed by atoms with Gasteiger partial charge in [0, 0.05) is 12.7 Å². The van der Waals surface area contributed by atoms with Gasteiger partial charge in [0.25, 0.3) is 0 Å². The summed E-state index contributed by atoms with van der Waals surface area (Å²) in [6, 6.07) is 1.87. The monoisotopic (exact) mass is 325 g/mol. The summed E-state index contributed by atoms with van der Waals surface area (Å²) >= 11 is 12.3. The van der Waals surface area contributed by atoms with Crippen LogP contribution in [-0.4, -0.2) is 14.5 Å². The average Bonchev–Trinajstić information content (AvgIpc) is 2.77. The molecule has 2 aromatic rings. The lowest BCUT2D eigenvalue weighted by atomic mass is 9.82. The number of hydrogen-bond donors (Lipinski definition) is 0. The van der Waals surface area contributed by atoms with Gasteiger partial charge in [0.15, 0.2) is 5.65 Å². The molecule has 3 nitrogen and oxygen atoms in total. The minimum absolute atomic E-state index is 0.126. The van der Waals surface area contributed by atoms with Crippen molar-refractivity contribution in [2.75, 3.05) is 0 Å². The lowest BCUT2D eigenvalue weighted by Gasteiger charge is -2.27. The van der Waals surface area contributed by atoms with E-state index in [1.54, 1.807) is 6.20 Å². The van der Waals surface area contributed by atoms with Gasteiger partial charge in [-0.1, -0.05) is 31.4 Å². The lowest BCUT2D eigenvalue weighted by molar-refractivity contribution is 0.256. The molecule has 0 bridgehead atoms. The highest BCUT2D eigenvalue weighted by atomic mass is 35.5. The molecule has 0 aliphatic heterocycles. The number of alkyl halides is 1. The molecule has 2 aromatic heterocycles. The Morgan fingerprint density at radius 2 is 2.24 bits per heavy atom. The van der Waals surface area contributed by atoms with Crippen molar-refractivity contribution in [2.24, 2.45) is 11.8 Å². The number of hydrogen-bond acceptors (Lipinski definition) is 2. The lowest BCUT2D eigenvalue weighted by Crippen LogP contribution is -2.20. The molecule has 0 aromatic carbocycles. The molecule has 114 valence electrons. The molecule has 2 heterocycles. The van der Waals surface area contributed by atoms with Crippen molar-refractivity contribution < 1.29 is 0 Å². The third-order valence-corrected chi connectivity index (χ3v) is 4.82. The average molecular weight is 326 g/mol. The molecule has 0 saturated heterocycles. The predicted octanol–water partition coefficient (Wildman–Crippen LogP) is 5.21. The van der Waals surface area contributed by atoms with Gasteiger partial charge in [0.05, 0.1) is 10.4 Å². The van der Waals surface area contributed by atoms with Crippen LogP contribution in [-0.2, 0) is 6.54 Å². The van der Waals surface area contributed by atoms with Crippen LogP contribution in [0, 0.1) is 11.8 Å². The fourth-order valence-corrected chi connectivity index (χ4v) is 3.79. The van der Waals surface area contributed by atoms with Crippen molar-refractivity contribution in [3.8, 4) is 0 Å². The maximum Gasteiger partial charge on any atom is 0.160 e. The Hall–Kier alpha value is -0.800. The minimum Gasteiger partial charge on any atom is -0.311 e. The molecule has 0 N–H and O–H groups in total. The molecule has 0 amide bonds. The van der Waals surface area contributed by atoms with E-state index in [0.717, 1.165) is 29.5 Å². The Bertz CT molecular complexity index is 636. The van der Waals surface area contributed by atoms with Gasteiger partial charge < -0.3 is 4.57 Å². The maximum atomic E-state index is 6.32. The quantitative estimate of drug-likeness (QED) is 0.725. The highest BCUT2D eigenvalue weighted by Crippen LogP contribution is 2.32. The van der Waals surface area contributed by atoms with Crippen molar-refractivity contribution in [1.29, 1.82) is 0 Å². The molecule has 1 aliphatic rings. The van der Waals surface area contributed by atoms with Gasteiger partial charge >= 0.3 is 0 Å². The summed E-state index contributed by atoms with van der Waals surface area (Å²) in [5, 5.41) is 0.492. The van der Waals surface area contributed by atoms with Crippen LogP contribution in [0.4, 0.5) is 0 Å². The minimum atomic E-state index is -0.126. The van der Waals surface area contributed by atoms with E-state index in [4.69, 9.17) is 23.2 Å². The van der Waals surface area contributed by atoms with Crippen LogP contribution < -0.4 is 0 Å². The van der Waals surface area contributed by atoms with E-state index in [2.05, 4.69) is 21.5 Å². The molecule has 1 saturated carbocycles.